The normalized spacial score (nSPS) is 11.5. The third kappa shape index (κ3) is 5.44. The van der Waals surface area contributed by atoms with E-state index < -0.39 is 0 Å². The van der Waals surface area contributed by atoms with Gasteiger partial charge in [0.1, 0.15) is 28.5 Å². The number of halogens is 3. The van der Waals surface area contributed by atoms with Crippen molar-refractivity contribution in [2.45, 2.75) is 39.7 Å². The standard InChI is InChI=1S/C26H23BrClFN4O2/c1-15-31-23(35-14-16-5-8-18(29)9-6-16)22(27)24(34)33(15)21-13-17(7-10-19(21)28)20-11-12-30-25(32-20)26(2,3)4/h5-13H,14H2,1-4H3. The first-order valence-electron chi connectivity index (χ1n) is 10.8. The summed E-state index contributed by atoms with van der Waals surface area (Å²) in [6.45, 7) is 7.97. The number of ether oxygens (including phenoxy) is 1. The lowest BCUT2D eigenvalue weighted by Gasteiger charge is -2.18. The van der Waals surface area contributed by atoms with Crippen LogP contribution in [0.15, 0.2) is 64.0 Å². The Labute approximate surface area is 215 Å². The molecular weight excluding hydrogens is 535 g/mol. The van der Waals surface area contributed by atoms with E-state index in [0.29, 0.717) is 22.4 Å². The van der Waals surface area contributed by atoms with Gasteiger partial charge in [-0.3, -0.25) is 9.36 Å². The fourth-order valence-corrected chi connectivity index (χ4v) is 4.00. The third-order valence-electron chi connectivity index (χ3n) is 5.26. The van der Waals surface area contributed by atoms with Crippen LogP contribution in [-0.2, 0) is 12.0 Å². The molecule has 4 rings (SSSR count). The second-order valence-electron chi connectivity index (χ2n) is 9.02. The van der Waals surface area contributed by atoms with E-state index in [0.717, 1.165) is 16.8 Å². The zero-order chi connectivity index (χ0) is 25.3. The first kappa shape index (κ1) is 25.0. The Morgan fingerprint density at radius 3 is 2.49 bits per heavy atom. The highest BCUT2D eigenvalue weighted by atomic mass is 79.9. The zero-order valence-electron chi connectivity index (χ0n) is 19.6. The van der Waals surface area contributed by atoms with Gasteiger partial charge in [-0.15, -0.1) is 0 Å². The van der Waals surface area contributed by atoms with Crippen molar-refractivity contribution in [3.63, 3.8) is 0 Å². The van der Waals surface area contributed by atoms with Crippen molar-refractivity contribution in [2.75, 3.05) is 0 Å². The van der Waals surface area contributed by atoms with Crippen LogP contribution in [0.4, 0.5) is 4.39 Å². The van der Waals surface area contributed by atoms with E-state index in [-0.39, 0.29) is 33.8 Å². The van der Waals surface area contributed by atoms with Gasteiger partial charge in [-0.2, -0.15) is 4.98 Å². The first-order chi connectivity index (χ1) is 16.5. The number of benzene rings is 2. The second-order valence-corrected chi connectivity index (χ2v) is 10.2. The van der Waals surface area contributed by atoms with Crippen molar-refractivity contribution in [3.8, 4) is 22.8 Å². The molecule has 0 bridgehead atoms. The number of aryl methyl sites for hydroxylation is 1. The lowest BCUT2D eigenvalue weighted by Crippen LogP contribution is -2.24. The van der Waals surface area contributed by atoms with Crippen LogP contribution in [0.1, 0.15) is 38.0 Å². The van der Waals surface area contributed by atoms with Gasteiger partial charge in [0.25, 0.3) is 5.56 Å². The maximum atomic E-state index is 13.3. The monoisotopic (exact) mass is 556 g/mol. The largest absolute Gasteiger partial charge is 0.472 e. The van der Waals surface area contributed by atoms with Crippen LogP contribution < -0.4 is 10.3 Å². The molecule has 0 saturated carbocycles. The molecule has 0 atom stereocenters. The molecular formula is C26H23BrClFN4O2. The summed E-state index contributed by atoms with van der Waals surface area (Å²) in [5.74, 6) is 0.921. The molecule has 0 aliphatic rings. The van der Waals surface area contributed by atoms with Gasteiger partial charge in [0.05, 0.1) is 16.4 Å². The lowest BCUT2D eigenvalue weighted by atomic mass is 9.95. The Bertz CT molecular complexity index is 1450. The molecule has 0 saturated heterocycles. The summed E-state index contributed by atoms with van der Waals surface area (Å²) < 4.78 is 20.5. The van der Waals surface area contributed by atoms with Crippen LogP contribution in [0.3, 0.4) is 0 Å². The molecule has 6 nitrogen and oxygen atoms in total. The molecule has 4 aromatic rings. The summed E-state index contributed by atoms with van der Waals surface area (Å²) in [5, 5.41) is 0.387. The van der Waals surface area contributed by atoms with Gasteiger partial charge in [-0.05, 0) is 58.7 Å². The summed E-state index contributed by atoms with van der Waals surface area (Å²) in [7, 11) is 0. The minimum atomic E-state index is -0.372. The second kappa shape index (κ2) is 9.87. The summed E-state index contributed by atoms with van der Waals surface area (Å²) in [5.41, 5.74) is 2.15. The maximum Gasteiger partial charge on any atom is 0.276 e. The van der Waals surface area contributed by atoms with Crippen LogP contribution in [0, 0.1) is 12.7 Å². The Kier molecular flexibility index (Phi) is 7.05. The average molecular weight is 558 g/mol. The molecule has 0 spiro atoms. The smallest absolute Gasteiger partial charge is 0.276 e. The van der Waals surface area contributed by atoms with E-state index in [1.807, 2.05) is 32.9 Å². The van der Waals surface area contributed by atoms with E-state index >= 15 is 0 Å². The maximum absolute atomic E-state index is 13.3. The quantitative estimate of drug-likeness (QED) is 0.283. The van der Waals surface area contributed by atoms with Crippen molar-refractivity contribution < 1.29 is 9.13 Å². The molecule has 0 amide bonds. The van der Waals surface area contributed by atoms with Gasteiger partial charge < -0.3 is 4.74 Å². The topological polar surface area (TPSA) is 69.9 Å². The predicted octanol–water partition coefficient (Wildman–Crippen LogP) is 6.43. The molecule has 180 valence electrons. The Morgan fingerprint density at radius 2 is 1.80 bits per heavy atom. The highest BCUT2D eigenvalue weighted by Crippen LogP contribution is 2.29. The average Bonchev–Trinajstić information content (AvgIpc) is 2.82. The van der Waals surface area contributed by atoms with Gasteiger partial charge >= 0.3 is 0 Å². The first-order valence-corrected chi connectivity index (χ1v) is 12.0. The molecule has 9 heteroatoms. The van der Waals surface area contributed by atoms with Gasteiger partial charge in [-0.1, -0.05) is 50.6 Å². The number of aromatic nitrogens is 4. The molecule has 0 radical (unpaired) electrons. The Hall–Kier alpha value is -3.10. The van der Waals surface area contributed by atoms with E-state index in [1.165, 1.54) is 16.7 Å². The molecule has 2 aromatic carbocycles. The van der Waals surface area contributed by atoms with Gasteiger partial charge in [0.15, 0.2) is 0 Å². The summed E-state index contributed by atoms with van der Waals surface area (Å²) >= 11 is 9.84. The fraction of sp³-hybridized carbons (Fsp3) is 0.231. The van der Waals surface area contributed by atoms with E-state index in [4.69, 9.17) is 21.3 Å². The SMILES string of the molecule is Cc1nc(OCc2ccc(F)cc2)c(Br)c(=O)n1-c1cc(-c2ccnc(C(C)(C)C)n2)ccc1Cl. The molecule has 0 fully saturated rings. The highest BCUT2D eigenvalue weighted by Gasteiger charge is 2.20. The summed E-state index contributed by atoms with van der Waals surface area (Å²) in [6, 6.07) is 13.1. The number of hydrogen-bond acceptors (Lipinski definition) is 5. The van der Waals surface area contributed by atoms with E-state index in [2.05, 4.69) is 25.9 Å². The lowest BCUT2D eigenvalue weighted by molar-refractivity contribution is 0.289. The van der Waals surface area contributed by atoms with Crippen molar-refractivity contribution in [2.24, 2.45) is 0 Å². The van der Waals surface area contributed by atoms with Crippen molar-refractivity contribution in [1.29, 1.82) is 0 Å². The fourth-order valence-electron chi connectivity index (χ4n) is 3.42. The molecule has 35 heavy (non-hydrogen) atoms. The molecule has 0 aliphatic carbocycles. The molecule has 0 aliphatic heterocycles. The van der Waals surface area contributed by atoms with Gasteiger partial charge in [0, 0.05) is 17.2 Å². The van der Waals surface area contributed by atoms with Crippen molar-refractivity contribution in [1.82, 2.24) is 19.5 Å². The van der Waals surface area contributed by atoms with Gasteiger partial charge in [-0.25, -0.2) is 14.4 Å². The number of hydrogen-bond donors (Lipinski definition) is 0. The minimum absolute atomic E-state index is 0.134. The van der Waals surface area contributed by atoms with Crippen molar-refractivity contribution >= 4 is 27.5 Å². The molecule has 2 aromatic heterocycles. The highest BCUT2D eigenvalue weighted by molar-refractivity contribution is 9.10. The van der Waals surface area contributed by atoms with E-state index in [9.17, 15) is 9.18 Å². The van der Waals surface area contributed by atoms with Gasteiger partial charge in [0.2, 0.25) is 5.88 Å². The van der Waals surface area contributed by atoms with Crippen molar-refractivity contribution in [3.05, 3.63) is 97.6 Å². The Morgan fingerprint density at radius 1 is 1.09 bits per heavy atom. The summed E-state index contributed by atoms with van der Waals surface area (Å²) in [6.07, 6.45) is 1.72. The number of nitrogens with zero attached hydrogens (tertiary/aromatic N) is 4. The molecule has 0 unspecified atom stereocenters. The Balaban J connectivity index is 1.72. The minimum Gasteiger partial charge on any atom is -0.472 e. The van der Waals surface area contributed by atoms with Crippen LogP contribution in [-0.4, -0.2) is 19.5 Å². The molecule has 0 N–H and O–H groups in total. The van der Waals surface area contributed by atoms with Crippen LogP contribution >= 0.6 is 27.5 Å². The number of rotatable bonds is 5. The van der Waals surface area contributed by atoms with Crippen LogP contribution in [0.5, 0.6) is 5.88 Å². The third-order valence-corrected chi connectivity index (χ3v) is 6.26. The van der Waals surface area contributed by atoms with Crippen LogP contribution in [0.25, 0.3) is 16.9 Å². The zero-order valence-corrected chi connectivity index (χ0v) is 22.0. The van der Waals surface area contributed by atoms with Crippen LogP contribution in [0.2, 0.25) is 5.02 Å². The summed E-state index contributed by atoms with van der Waals surface area (Å²) in [4.78, 5) is 26.9. The van der Waals surface area contributed by atoms with E-state index in [1.54, 1.807) is 37.4 Å². The predicted molar refractivity (Wildman–Crippen MR) is 138 cm³/mol. The molecule has 2 heterocycles.